The fraction of sp³-hybridized carbons (Fsp3) is 0.320. The number of hydrogen-bond acceptors (Lipinski definition) is 3. The molecule has 2 aromatic carbocycles. The zero-order valence-electron chi connectivity index (χ0n) is 17.3. The molecule has 4 atom stereocenters. The third-order valence-corrected chi connectivity index (χ3v) is 5.28. The second-order valence-electron chi connectivity index (χ2n) is 7.53. The summed E-state index contributed by atoms with van der Waals surface area (Å²) in [6, 6.07) is 28.3. The van der Waals surface area contributed by atoms with E-state index in [4.69, 9.17) is 4.98 Å². The molecule has 0 bridgehead atoms. The summed E-state index contributed by atoms with van der Waals surface area (Å²) in [7, 11) is 0. The Morgan fingerprint density at radius 1 is 0.500 bits per heavy atom. The largest absolute Gasteiger partial charge is 0.302 e. The van der Waals surface area contributed by atoms with Crippen LogP contribution in [0.4, 0.5) is 0 Å². The van der Waals surface area contributed by atoms with Gasteiger partial charge in [-0.1, -0.05) is 66.7 Å². The number of aromatic nitrogens is 1. The van der Waals surface area contributed by atoms with E-state index in [0.717, 1.165) is 11.4 Å². The third kappa shape index (κ3) is 5.28. The van der Waals surface area contributed by atoms with Gasteiger partial charge in [0.2, 0.25) is 0 Å². The number of rotatable bonds is 8. The normalized spacial score (nSPS) is 15.6. The van der Waals surface area contributed by atoms with E-state index in [-0.39, 0.29) is 24.2 Å². The van der Waals surface area contributed by atoms with Gasteiger partial charge >= 0.3 is 0 Å². The van der Waals surface area contributed by atoms with Crippen LogP contribution in [0.25, 0.3) is 0 Å². The maximum absolute atomic E-state index is 4.94. The van der Waals surface area contributed by atoms with Gasteiger partial charge in [0.15, 0.2) is 0 Å². The highest BCUT2D eigenvalue weighted by Gasteiger charge is 2.16. The van der Waals surface area contributed by atoms with Crippen molar-refractivity contribution in [3.8, 4) is 0 Å². The molecule has 3 nitrogen and oxygen atoms in total. The predicted octanol–water partition coefficient (Wildman–Crippen LogP) is 5.91. The van der Waals surface area contributed by atoms with Crippen molar-refractivity contribution in [2.45, 2.75) is 51.9 Å². The number of benzene rings is 2. The molecule has 2 N–H and O–H groups in total. The Bertz CT molecular complexity index is 779. The van der Waals surface area contributed by atoms with E-state index in [1.54, 1.807) is 0 Å². The molecule has 1 aromatic heterocycles. The van der Waals surface area contributed by atoms with Crippen molar-refractivity contribution in [1.29, 1.82) is 0 Å². The minimum Gasteiger partial charge on any atom is -0.302 e. The monoisotopic (exact) mass is 373 g/mol. The van der Waals surface area contributed by atoms with E-state index >= 15 is 0 Å². The first-order valence-corrected chi connectivity index (χ1v) is 10.1. The Balaban J connectivity index is 1.65. The van der Waals surface area contributed by atoms with Crippen LogP contribution in [0, 0.1) is 0 Å². The zero-order valence-corrected chi connectivity index (χ0v) is 17.3. The van der Waals surface area contributed by atoms with Crippen LogP contribution in [-0.2, 0) is 0 Å². The van der Waals surface area contributed by atoms with Crippen molar-refractivity contribution < 1.29 is 0 Å². The summed E-state index contributed by atoms with van der Waals surface area (Å²) in [5.74, 6) is 0. The van der Waals surface area contributed by atoms with Crippen LogP contribution >= 0.6 is 0 Å². The molecule has 3 aromatic rings. The molecule has 0 aliphatic rings. The molecule has 3 rings (SSSR count). The van der Waals surface area contributed by atoms with E-state index < -0.39 is 0 Å². The minimum absolute atomic E-state index is 0.175. The topological polar surface area (TPSA) is 37.0 Å². The van der Waals surface area contributed by atoms with Gasteiger partial charge in [0.05, 0.1) is 11.4 Å². The molecule has 0 spiro atoms. The van der Waals surface area contributed by atoms with Gasteiger partial charge < -0.3 is 10.6 Å². The molecule has 1 heterocycles. The molecule has 0 saturated heterocycles. The number of pyridine rings is 1. The first-order valence-electron chi connectivity index (χ1n) is 10.1. The van der Waals surface area contributed by atoms with Gasteiger partial charge in [0.25, 0.3) is 0 Å². The van der Waals surface area contributed by atoms with Crippen molar-refractivity contribution in [3.63, 3.8) is 0 Å². The predicted molar refractivity (Wildman–Crippen MR) is 117 cm³/mol. The maximum Gasteiger partial charge on any atom is 0.0574 e. The minimum atomic E-state index is 0.175. The summed E-state index contributed by atoms with van der Waals surface area (Å²) in [5, 5.41) is 7.32. The fourth-order valence-electron chi connectivity index (χ4n) is 3.55. The lowest BCUT2D eigenvalue weighted by atomic mass is 10.1. The molecule has 28 heavy (non-hydrogen) atoms. The summed E-state index contributed by atoms with van der Waals surface area (Å²) in [5.41, 5.74) is 4.72. The van der Waals surface area contributed by atoms with Gasteiger partial charge in [-0.15, -0.1) is 0 Å². The molecule has 0 saturated carbocycles. The number of hydrogen-bond donors (Lipinski definition) is 2. The smallest absolute Gasteiger partial charge is 0.0574 e. The number of nitrogens with zero attached hydrogens (tertiary/aromatic N) is 1. The quantitative estimate of drug-likeness (QED) is 0.516. The Morgan fingerprint density at radius 2 is 0.893 bits per heavy atom. The lowest BCUT2D eigenvalue weighted by Crippen LogP contribution is -2.25. The Kier molecular flexibility index (Phi) is 6.96. The van der Waals surface area contributed by atoms with Crippen LogP contribution in [0.2, 0.25) is 0 Å². The maximum atomic E-state index is 4.94. The summed E-state index contributed by atoms with van der Waals surface area (Å²) in [6.45, 7) is 8.75. The molecule has 0 unspecified atom stereocenters. The molecule has 0 radical (unpaired) electrons. The van der Waals surface area contributed by atoms with E-state index in [1.165, 1.54) is 11.1 Å². The summed E-state index contributed by atoms with van der Waals surface area (Å²) in [4.78, 5) is 4.94. The highest BCUT2D eigenvalue weighted by atomic mass is 15.0. The van der Waals surface area contributed by atoms with Crippen molar-refractivity contribution in [1.82, 2.24) is 15.6 Å². The Hall–Kier alpha value is -2.49. The van der Waals surface area contributed by atoms with E-state index in [0.29, 0.717) is 0 Å². The fourth-order valence-corrected chi connectivity index (χ4v) is 3.55. The molecule has 0 aliphatic carbocycles. The van der Waals surface area contributed by atoms with Gasteiger partial charge in [0, 0.05) is 24.2 Å². The second kappa shape index (κ2) is 9.63. The summed E-state index contributed by atoms with van der Waals surface area (Å²) >= 11 is 0. The van der Waals surface area contributed by atoms with Crippen LogP contribution in [0.1, 0.15) is 74.4 Å². The molecular formula is C25H31N3. The van der Waals surface area contributed by atoms with Gasteiger partial charge in [-0.3, -0.25) is 4.98 Å². The molecule has 0 aliphatic heterocycles. The lowest BCUT2D eigenvalue weighted by molar-refractivity contribution is 0.469. The molecular weight excluding hydrogens is 342 g/mol. The van der Waals surface area contributed by atoms with E-state index in [2.05, 4.69) is 117 Å². The van der Waals surface area contributed by atoms with Gasteiger partial charge in [-0.2, -0.15) is 0 Å². The van der Waals surface area contributed by atoms with Gasteiger partial charge in [-0.05, 0) is 51.0 Å². The first-order chi connectivity index (χ1) is 13.5. The molecule has 146 valence electrons. The molecule has 0 amide bonds. The van der Waals surface area contributed by atoms with Crippen molar-refractivity contribution in [2.24, 2.45) is 0 Å². The highest BCUT2D eigenvalue weighted by Crippen LogP contribution is 2.21. The van der Waals surface area contributed by atoms with Crippen molar-refractivity contribution >= 4 is 0 Å². The Morgan fingerprint density at radius 3 is 1.29 bits per heavy atom. The van der Waals surface area contributed by atoms with Crippen molar-refractivity contribution in [2.75, 3.05) is 0 Å². The molecule has 0 fully saturated rings. The average molecular weight is 374 g/mol. The standard InChI is InChI=1S/C25H31N3/c1-18(22-12-7-5-8-13-22)26-20(3)24-16-11-17-25(28-24)21(4)27-19(2)23-14-9-6-10-15-23/h5-21,26-27H,1-4H3/t18-,19-,20+,21+/m1/s1. The van der Waals surface area contributed by atoms with Crippen LogP contribution in [0.5, 0.6) is 0 Å². The SMILES string of the molecule is C[C@H](N[C@H](C)c1ccccc1)c1cccc([C@H](C)N[C@H](C)c2ccccc2)n1. The zero-order chi connectivity index (χ0) is 19.9. The molecule has 3 heteroatoms. The van der Waals surface area contributed by atoms with Crippen LogP contribution in [0.3, 0.4) is 0 Å². The van der Waals surface area contributed by atoms with Crippen LogP contribution in [-0.4, -0.2) is 4.98 Å². The summed E-state index contributed by atoms with van der Waals surface area (Å²) < 4.78 is 0. The van der Waals surface area contributed by atoms with Gasteiger partial charge in [0.1, 0.15) is 0 Å². The third-order valence-electron chi connectivity index (χ3n) is 5.28. The van der Waals surface area contributed by atoms with Crippen LogP contribution < -0.4 is 10.6 Å². The number of nitrogens with one attached hydrogen (secondary N) is 2. The van der Waals surface area contributed by atoms with E-state index in [1.807, 2.05) is 0 Å². The summed E-state index contributed by atoms with van der Waals surface area (Å²) in [6.07, 6.45) is 0. The second-order valence-corrected chi connectivity index (χ2v) is 7.53. The lowest BCUT2D eigenvalue weighted by Gasteiger charge is -2.23. The van der Waals surface area contributed by atoms with Gasteiger partial charge in [-0.25, -0.2) is 0 Å². The van der Waals surface area contributed by atoms with Crippen molar-refractivity contribution in [3.05, 3.63) is 101 Å². The Labute approximate surface area is 169 Å². The highest BCUT2D eigenvalue weighted by molar-refractivity contribution is 5.22. The average Bonchev–Trinajstić information content (AvgIpc) is 2.75. The van der Waals surface area contributed by atoms with E-state index in [9.17, 15) is 0 Å². The first kappa shape index (κ1) is 20.2. The van der Waals surface area contributed by atoms with Crippen LogP contribution in [0.15, 0.2) is 78.9 Å².